The zero-order valence-electron chi connectivity index (χ0n) is 24.4. The number of rotatable bonds is 4. The molecule has 12 heteroatoms. The molecule has 0 radical (unpaired) electrons. The van der Waals surface area contributed by atoms with E-state index in [4.69, 9.17) is 33.7 Å². The lowest BCUT2D eigenvalue weighted by molar-refractivity contribution is -0.136. The Morgan fingerprint density at radius 1 is 0.957 bits per heavy atom. The van der Waals surface area contributed by atoms with Gasteiger partial charge in [-0.25, -0.2) is 9.69 Å². The van der Waals surface area contributed by atoms with E-state index in [0.29, 0.717) is 26.6 Å². The molecule has 2 aliphatic heterocycles. The van der Waals surface area contributed by atoms with Gasteiger partial charge in [-0.05, 0) is 60.2 Å². The number of likely N-dealkylation sites (tertiary alicyclic amines) is 1. The number of phenols is 1. The number of phenolic OH excluding ortho intramolecular Hbond substituents is 1. The molecule has 2 heterocycles. The predicted octanol–water partition coefficient (Wildman–Crippen LogP) is 4.95. The molecule has 2 aliphatic carbocycles. The van der Waals surface area contributed by atoms with E-state index in [0.717, 1.165) is 4.90 Å². The van der Waals surface area contributed by atoms with Gasteiger partial charge in [0.2, 0.25) is 23.6 Å². The lowest BCUT2D eigenvalue weighted by Gasteiger charge is -2.50. The van der Waals surface area contributed by atoms with E-state index in [1.807, 2.05) is 6.08 Å². The molecule has 4 aliphatic rings. The first-order valence-corrected chi connectivity index (χ1v) is 15.4. The van der Waals surface area contributed by atoms with Crippen LogP contribution in [0.4, 0.5) is 10.5 Å². The predicted molar refractivity (Wildman–Crippen MR) is 167 cm³/mol. The lowest BCUT2D eigenvalue weighted by atomic mass is 9.49. The average Bonchev–Trinajstić information content (AvgIpc) is 3.43. The van der Waals surface area contributed by atoms with Gasteiger partial charge < -0.3 is 15.6 Å². The summed E-state index contributed by atoms with van der Waals surface area (Å²) in [4.78, 5) is 70.6. The molecule has 3 aromatic carbocycles. The third kappa shape index (κ3) is 3.99. The van der Waals surface area contributed by atoms with Gasteiger partial charge in [0.05, 0.1) is 41.0 Å². The number of urea groups is 1. The lowest BCUT2D eigenvalue weighted by Crippen LogP contribution is -2.53. The van der Waals surface area contributed by atoms with Gasteiger partial charge in [-0.2, -0.15) is 4.90 Å². The number of ether oxygens (including phenoxy) is 1. The molecule has 1 saturated carbocycles. The van der Waals surface area contributed by atoms with Gasteiger partial charge in [-0.3, -0.25) is 19.2 Å². The van der Waals surface area contributed by atoms with E-state index < -0.39 is 64.7 Å². The zero-order chi connectivity index (χ0) is 32.7. The van der Waals surface area contributed by atoms with Crippen LogP contribution in [0.15, 0.2) is 78.4 Å². The Labute approximate surface area is 273 Å². The topological polar surface area (TPSA) is 147 Å². The van der Waals surface area contributed by atoms with Crippen molar-refractivity contribution in [2.45, 2.75) is 24.2 Å². The molecule has 0 aromatic heterocycles. The molecular formula is C34H27Cl2N3O7. The standard InChI is InChI=1S/C34H27Cl2N3O7/c1-46-25-13-16(12-24(36)28(25)40)27-20-10-11-21-26(31(43)39(29(21)41)33(37)45)22(20)15-23-30(42)38(19-9-5-8-18(35)14-19)32(44)34(23,27)17-6-3-2-4-7-17/h2-10,12-14,21-23,26-27,40H,11,15H2,1H3,(H2,37,45)/t21-,22+,23-,26-,27-,34+/m0/s1. The highest BCUT2D eigenvalue weighted by molar-refractivity contribution is 6.33. The minimum Gasteiger partial charge on any atom is -0.503 e. The van der Waals surface area contributed by atoms with E-state index in [1.165, 1.54) is 19.2 Å². The number of amides is 6. The van der Waals surface area contributed by atoms with E-state index in [9.17, 15) is 24.3 Å². The Morgan fingerprint density at radius 3 is 2.37 bits per heavy atom. The van der Waals surface area contributed by atoms with Gasteiger partial charge in [0, 0.05) is 10.9 Å². The highest BCUT2D eigenvalue weighted by atomic mass is 35.5. The number of hydrogen-bond donors (Lipinski definition) is 2. The van der Waals surface area contributed by atoms with Crippen LogP contribution in [0.5, 0.6) is 11.5 Å². The van der Waals surface area contributed by atoms with Crippen LogP contribution in [0.25, 0.3) is 0 Å². The largest absolute Gasteiger partial charge is 0.503 e. The average molecular weight is 661 g/mol. The zero-order valence-corrected chi connectivity index (χ0v) is 25.9. The van der Waals surface area contributed by atoms with E-state index in [-0.39, 0.29) is 35.1 Å². The maximum Gasteiger partial charge on any atom is 0.328 e. The van der Waals surface area contributed by atoms with Crippen LogP contribution in [-0.4, -0.2) is 46.8 Å². The first-order chi connectivity index (χ1) is 22.0. The number of hydrogen-bond acceptors (Lipinski definition) is 7. The number of imide groups is 4. The molecule has 2 saturated heterocycles. The number of anilines is 1. The Kier molecular flexibility index (Phi) is 6.99. The minimum atomic E-state index is -1.55. The molecule has 0 unspecified atom stereocenters. The molecule has 46 heavy (non-hydrogen) atoms. The van der Waals surface area contributed by atoms with Crippen LogP contribution >= 0.6 is 23.2 Å². The van der Waals surface area contributed by atoms with Crippen molar-refractivity contribution in [1.82, 2.24) is 4.90 Å². The van der Waals surface area contributed by atoms with Crippen LogP contribution in [0.3, 0.4) is 0 Å². The molecular weight excluding hydrogens is 633 g/mol. The number of nitrogens with zero attached hydrogens (tertiary/aromatic N) is 2. The SMILES string of the molecule is COc1cc([C@H]2C3=CC[C@@H]4C(=O)N(C(N)=O)C(=O)[C@@H]4[C@@H]3C[C@H]3C(=O)N(c4cccc(Cl)c4)C(=O)[C@@]23c2ccccc2)cc(Cl)c1O. The molecule has 10 nitrogen and oxygen atoms in total. The second kappa shape index (κ2) is 10.7. The fourth-order valence-corrected chi connectivity index (χ4v) is 8.66. The van der Waals surface area contributed by atoms with E-state index in [1.54, 1.807) is 54.6 Å². The number of methoxy groups -OCH3 is 1. The van der Waals surface area contributed by atoms with Crippen molar-refractivity contribution in [3.8, 4) is 11.5 Å². The number of nitrogens with two attached hydrogens (primary N) is 1. The van der Waals surface area contributed by atoms with Crippen LogP contribution in [0.2, 0.25) is 10.0 Å². The Hall–Kier alpha value is -4.67. The quantitative estimate of drug-likeness (QED) is 0.297. The number of aromatic hydroxyl groups is 1. The van der Waals surface area contributed by atoms with Gasteiger partial charge in [-0.1, -0.05) is 71.2 Å². The molecule has 3 N–H and O–H groups in total. The molecule has 0 spiro atoms. The van der Waals surface area contributed by atoms with Crippen molar-refractivity contribution in [2.24, 2.45) is 29.4 Å². The van der Waals surface area contributed by atoms with Crippen LogP contribution in [0.1, 0.15) is 29.9 Å². The summed E-state index contributed by atoms with van der Waals surface area (Å²) in [5, 5.41) is 10.9. The van der Waals surface area contributed by atoms with Gasteiger partial charge in [0.1, 0.15) is 0 Å². The summed E-state index contributed by atoms with van der Waals surface area (Å²) in [6.07, 6.45) is 1.98. The maximum absolute atomic E-state index is 15.2. The monoisotopic (exact) mass is 659 g/mol. The second-order valence-corrected chi connectivity index (χ2v) is 12.8. The van der Waals surface area contributed by atoms with Gasteiger partial charge >= 0.3 is 6.03 Å². The fourth-order valence-electron chi connectivity index (χ4n) is 8.25. The molecule has 6 atom stereocenters. The highest BCUT2D eigenvalue weighted by Crippen LogP contribution is 2.65. The van der Waals surface area contributed by atoms with Crippen LogP contribution in [-0.2, 0) is 24.6 Å². The van der Waals surface area contributed by atoms with E-state index >= 15 is 4.79 Å². The third-order valence-electron chi connectivity index (χ3n) is 9.99. The van der Waals surface area contributed by atoms with Crippen molar-refractivity contribution in [3.05, 3.63) is 99.6 Å². The maximum atomic E-state index is 15.2. The summed E-state index contributed by atoms with van der Waals surface area (Å²) in [5.74, 6) is -7.12. The van der Waals surface area contributed by atoms with Gasteiger partial charge in [0.25, 0.3) is 0 Å². The van der Waals surface area contributed by atoms with Crippen LogP contribution < -0.4 is 15.4 Å². The Balaban J connectivity index is 1.53. The molecule has 0 bridgehead atoms. The Bertz CT molecular complexity index is 1900. The van der Waals surface area contributed by atoms with E-state index in [2.05, 4.69) is 0 Å². The number of halogens is 2. The molecule has 3 fully saturated rings. The van der Waals surface area contributed by atoms with Gasteiger partial charge in [-0.15, -0.1) is 0 Å². The number of primary amides is 1. The number of benzene rings is 3. The minimum absolute atomic E-state index is 0.0363. The fraction of sp³-hybridized carbons (Fsp3) is 0.265. The second-order valence-electron chi connectivity index (χ2n) is 12.0. The van der Waals surface area contributed by atoms with Crippen LogP contribution in [0, 0.1) is 23.7 Å². The molecule has 7 rings (SSSR count). The first-order valence-electron chi connectivity index (χ1n) is 14.6. The van der Waals surface area contributed by atoms with Crippen molar-refractivity contribution < 1.29 is 33.8 Å². The summed E-state index contributed by atoms with van der Waals surface area (Å²) in [5.41, 5.74) is 5.86. The summed E-state index contributed by atoms with van der Waals surface area (Å²) < 4.78 is 5.45. The number of allylic oxidation sites excluding steroid dienone is 2. The van der Waals surface area contributed by atoms with Crippen molar-refractivity contribution >= 4 is 58.5 Å². The summed E-state index contributed by atoms with van der Waals surface area (Å²) in [6.45, 7) is 0. The van der Waals surface area contributed by atoms with Gasteiger partial charge in [0.15, 0.2) is 11.5 Å². The molecule has 234 valence electrons. The summed E-state index contributed by atoms with van der Waals surface area (Å²) >= 11 is 12.9. The molecule has 3 aromatic rings. The number of fused-ring (bicyclic) bond motifs is 4. The van der Waals surface area contributed by atoms with Crippen molar-refractivity contribution in [1.29, 1.82) is 0 Å². The molecule has 6 amide bonds. The summed E-state index contributed by atoms with van der Waals surface area (Å²) in [7, 11) is 1.37. The highest BCUT2D eigenvalue weighted by Gasteiger charge is 2.70. The normalized spacial score (nSPS) is 28.5. The van der Waals surface area contributed by atoms with Crippen molar-refractivity contribution in [3.63, 3.8) is 0 Å². The smallest absolute Gasteiger partial charge is 0.328 e. The Morgan fingerprint density at radius 2 is 1.70 bits per heavy atom. The summed E-state index contributed by atoms with van der Waals surface area (Å²) in [6, 6.07) is 17.3. The van der Waals surface area contributed by atoms with Crippen molar-refractivity contribution in [2.75, 3.05) is 12.0 Å². The first kappa shape index (κ1) is 30.0. The number of carbonyl (C=O) groups excluding carboxylic acids is 5. The number of carbonyl (C=O) groups is 5. The third-order valence-corrected chi connectivity index (χ3v) is 10.5.